The molecule has 0 spiro atoms. The first-order chi connectivity index (χ1) is 20.1. The largest absolute Gasteiger partial charge is 0.344 e. The van der Waals surface area contributed by atoms with Crippen molar-refractivity contribution in [3.63, 3.8) is 0 Å². The monoisotopic (exact) mass is 598 g/mol. The Hall–Kier alpha value is -4.06. The molecule has 1 N–H and O–H groups in total. The molecule has 1 atom stereocenters. The highest BCUT2D eigenvalue weighted by atomic mass is 32.2. The SMILES string of the molecule is Cc1ccc([C@@H]2CC(c3cccs3)=NN2C(=O)CSc2nnc(CNC(=O)c3cccs3)n2-c2ccccc2)cc1. The summed E-state index contributed by atoms with van der Waals surface area (Å²) in [6, 6.07) is 25.5. The van der Waals surface area contributed by atoms with Crippen molar-refractivity contribution in [2.45, 2.75) is 31.1 Å². The second-order valence-electron chi connectivity index (χ2n) is 9.41. The summed E-state index contributed by atoms with van der Waals surface area (Å²) >= 11 is 4.32. The highest BCUT2D eigenvalue weighted by Gasteiger charge is 2.33. The van der Waals surface area contributed by atoms with Crippen LogP contribution in [0.5, 0.6) is 0 Å². The highest BCUT2D eigenvalue weighted by Crippen LogP contribution is 2.35. The highest BCUT2D eigenvalue weighted by molar-refractivity contribution is 7.99. The van der Waals surface area contributed by atoms with Gasteiger partial charge in [-0.2, -0.15) is 5.10 Å². The van der Waals surface area contributed by atoms with Crippen molar-refractivity contribution in [2.75, 3.05) is 5.75 Å². The van der Waals surface area contributed by atoms with E-state index in [2.05, 4.69) is 46.7 Å². The molecular weight excluding hydrogens is 573 g/mol. The number of aromatic nitrogens is 3. The van der Waals surface area contributed by atoms with Gasteiger partial charge in [0.1, 0.15) is 0 Å². The first kappa shape index (κ1) is 27.1. The number of aryl methyl sites for hydroxylation is 1. The summed E-state index contributed by atoms with van der Waals surface area (Å²) in [4.78, 5) is 27.9. The molecule has 5 aromatic rings. The Morgan fingerprint density at radius 2 is 1.73 bits per heavy atom. The molecule has 0 unspecified atom stereocenters. The molecule has 1 aliphatic rings. The van der Waals surface area contributed by atoms with Crippen LogP contribution in [0.3, 0.4) is 0 Å². The average molecular weight is 599 g/mol. The maximum atomic E-state index is 13.7. The molecule has 41 heavy (non-hydrogen) atoms. The number of thioether (sulfide) groups is 1. The van der Waals surface area contributed by atoms with Gasteiger partial charge in [0.25, 0.3) is 11.8 Å². The van der Waals surface area contributed by atoms with Crippen LogP contribution in [0.15, 0.2) is 99.9 Å². The molecule has 0 saturated heterocycles. The number of carbonyl (C=O) groups is 2. The van der Waals surface area contributed by atoms with Gasteiger partial charge in [0.05, 0.1) is 33.8 Å². The van der Waals surface area contributed by atoms with Gasteiger partial charge in [0, 0.05) is 12.1 Å². The van der Waals surface area contributed by atoms with Crippen LogP contribution in [0.1, 0.15) is 44.0 Å². The fourth-order valence-electron chi connectivity index (χ4n) is 4.57. The Kier molecular flexibility index (Phi) is 8.08. The van der Waals surface area contributed by atoms with Gasteiger partial charge in [-0.25, -0.2) is 5.01 Å². The zero-order valence-corrected chi connectivity index (χ0v) is 24.6. The summed E-state index contributed by atoms with van der Waals surface area (Å²) in [5.74, 6) is 0.438. The van der Waals surface area contributed by atoms with E-state index in [0.29, 0.717) is 22.3 Å². The lowest BCUT2D eigenvalue weighted by Crippen LogP contribution is -2.28. The molecule has 8 nitrogen and oxygen atoms in total. The third-order valence-corrected chi connectivity index (χ3v) is 9.33. The zero-order valence-electron chi connectivity index (χ0n) is 22.1. The van der Waals surface area contributed by atoms with Crippen LogP contribution in [0.4, 0.5) is 0 Å². The molecule has 206 valence electrons. The molecule has 6 rings (SSSR count). The minimum Gasteiger partial charge on any atom is -0.344 e. The van der Waals surface area contributed by atoms with Gasteiger partial charge >= 0.3 is 0 Å². The first-order valence-electron chi connectivity index (χ1n) is 13.0. The summed E-state index contributed by atoms with van der Waals surface area (Å²) in [5, 5.41) is 22.6. The van der Waals surface area contributed by atoms with Crippen LogP contribution in [0.25, 0.3) is 5.69 Å². The molecule has 4 heterocycles. The molecular formula is C30H26N6O2S3. The standard InChI is InChI=1S/C30H26N6O2S3/c1-20-11-13-21(14-12-20)24-17-23(25-9-5-15-39-25)34-36(24)28(37)19-41-30-33-32-27(35(30)22-7-3-2-4-8-22)18-31-29(38)26-10-6-16-40-26/h2-16,24H,17-19H2,1H3,(H,31,38)/t24-/m0/s1. The van der Waals surface area contributed by atoms with E-state index < -0.39 is 0 Å². The third-order valence-electron chi connectivity index (χ3n) is 6.63. The van der Waals surface area contributed by atoms with E-state index in [1.54, 1.807) is 22.4 Å². The van der Waals surface area contributed by atoms with Gasteiger partial charge in [0.2, 0.25) is 0 Å². The normalized spacial score (nSPS) is 14.7. The Bertz CT molecular complexity index is 1660. The molecule has 2 aromatic carbocycles. The quantitative estimate of drug-likeness (QED) is 0.207. The van der Waals surface area contributed by atoms with E-state index in [-0.39, 0.29) is 30.2 Å². The maximum absolute atomic E-state index is 13.7. The van der Waals surface area contributed by atoms with Crippen molar-refractivity contribution >= 4 is 52.0 Å². The van der Waals surface area contributed by atoms with E-state index >= 15 is 0 Å². The molecule has 0 fully saturated rings. The average Bonchev–Trinajstić information content (AvgIpc) is 3.82. The predicted molar refractivity (Wildman–Crippen MR) is 164 cm³/mol. The van der Waals surface area contributed by atoms with Crippen molar-refractivity contribution in [2.24, 2.45) is 5.10 Å². The van der Waals surface area contributed by atoms with Crippen LogP contribution in [-0.4, -0.2) is 43.1 Å². The van der Waals surface area contributed by atoms with Gasteiger partial charge in [-0.05, 0) is 47.5 Å². The predicted octanol–water partition coefficient (Wildman–Crippen LogP) is 6.10. The molecule has 3 aromatic heterocycles. The number of para-hydroxylation sites is 1. The second-order valence-corrected chi connectivity index (χ2v) is 12.2. The van der Waals surface area contributed by atoms with E-state index in [0.717, 1.165) is 21.8 Å². The molecule has 0 saturated carbocycles. The van der Waals surface area contributed by atoms with Crippen molar-refractivity contribution in [3.8, 4) is 5.69 Å². The fourth-order valence-corrected chi connectivity index (χ4v) is 6.76. The van der Waals surface area contributed by atoms with Crippen LogP contribution in [0.2, 0.25) is 0 Å². The van der Waals surface area contributed by atoms with E-state index in [1.165, 1.54) is 28.7 Å². The van der Waals surface area contributed by atoms with Crippen molar-refractivity contribution in [1.82, 2.24) is 25.1 Å². The van der Waals surface area contributed by atoms with Crippen LogP contribution in [-0.2, 0) is 11.3 Å². The Labute approximate surface area is 249 Å². The zero-order chi connectivity index (χ0) is 28.2. The number of nitrogens with zero attached hydrogens (tertiary/aromatic N) is 5. The number of rotatable bonds is 9. The minimum atomic E-state index is -0.171. The summed E-state index contributed by atoms with van der Waals surface area (Å²) in [5.41, 5.74) is 3.99. The molecule has 11 heteroatoms. The Morgan fingerprint density at radius 1 is 0.951 bits per heavy atom. The lowest BCUT2D eigenvalue weighted by molar-refractivity contribution is -0.130. The summed E-state index contributed by atoms with van der Waals surface area (Å²) in [6.45, 7) is 2.25. The minimum absolute atomic E-state index is 0.109. The molecule has 0 bridgehead atoms. The number of thiophene rings is 2. The van der Waals surface area contributed by atoms with Crippen LogP contribution in [0, 0.1) is 6.92 Å². The first-order valence-corrected chi connectivity index (χ1v) is 15.8. The maximum Gasteiger partial charge on any atom is 0.261 e. The molecule has 1 aliphatic heterocycles. The van der Waals surface area contributed by atoms with E-state index in [9.17, 15) is 9.59 Å². The summed E-state index contributed by atoms with van der Waals surface area (Å²) in [6.07, 6.45) is 0.661. The number of hydrogen-bond donors (Lipinski definition) is 1. The topological polar surface area (TPSA) is 92.5 Å². The lowest BCUT2D eigenvalue weighted by atomic mass is 10.00. The Balaban J connectivity index is 1.23. The van der Waals surface area contributed by atoms with Gasteiger partial charge < -0.3 is 5.32 Å². The summed E-state index contributed by atoms with van der Waals surface area (Å²) < 4.78 is 1.88. The van der Waals surface area contributed by atoms with Crippen LogP contribution >= 0.6 is 34.4 Å². The number of amides is 2. The Morgan fingerprint density at radius 3 is 2.46 bits per heavy atom. The fraction of sp³-hybridized carbons (Fsp3) is 0.167. The summed E-state index contributed by atoms with van der Waals surface area (Å²) in [7, 11) is 0. The number of benzene rings is 2. The van der Waals surface area contributed by atoms with Crippen LogP contribution < -0.4 is 5.32 Å². The van der Waals surface area contributed by atoms with E-state index in [1.807, 2.05) is 63.9 Å². The number of hydrazone groups is 1. The second kappa shape index (κ2) is 12.2. The van der Waals surface area contributed by atoms with Gasteiger partial charge in [-0.15, -0.1) is 32.9 Å². The van der Waals surface area contributed by atoms with Gasteiger partial charge in [-0.3, -0.25) is 14.2 Å². The molecule has 0 radical (unpaired) electrons. The van der Waals surface area contributed by atoms with Crippen molar-refractivity contribution in [3.05, 3.63) is 116 Å². The van der Waals surface area contributed by atoms with Gasteiger partial charge in [0.15, 0.2) is 11.0 Å². The smallest absolute Gasteiger partial charge is 0.261 e. The lowest BCUT2D eigenvalue weighted by Gasteiger charge is -2.22. The van der Waals surface area contributed by atoms with Crippen molar-refractivity contribution < 1.29 is 9.59 Å². The van der Waals surface area contributed by atoms with E-state index in [4.69, 9.17) is 5.10 Å². The molecule has 2 amide bonds. The molecule has 0 aliphatic carbocycles. The van der Waals surface area contributed by atoms with Gasteiger partial charge in [-0.1, -0.05) is 71.9 Å². The third kappa shape index (κ3) is 6.02. The number of nitrogens with one attached hydrogen (secondary N) is 1. The van der Waals surface area contributed by atoms with Crippen molar-refractivity contribution in [1.29, 1.82) is 0 Å². The number of carbonyl (C=O) groups excluding carboxylic acids is 2. The number of hydrogen-bond acceptors (Lipinski definition) is 8.